The Hall–Kier alpha value is -5.09. The lowest BCUT2D eigenvalue weighted by atomic mass is 9.83. The summed E-state index contributed by atoms with van der Waals surface area (Å²) in [6, 6.07) is 14.9. The number of hydrogen-bond donors (Lipinski definition) is 2. The number of aromatic amines is 1. The lowest BCUT2D eigenvalue weighted by Crippen LogP contribution is -2.32. The molecule has 11 nitrogen and oxygen atoms in total. The maximum atomic E-state index is 14.1. The Labute approximate surface area is 290 Å². The van der Waals surface area contributed by atoms with E-state index < -0.39 is 59.1 Å². The summed E-state index contributed by atoms with van der Waals surface area (Å²) in [6.45, 7) is 3.23. The molecule has 0 aliphatic carbocycles. The van der Waals surface area contributed by atoms with Gasteiger partial charge in [0, 0.05) is 16.5 Å². The number of amides is 3. The fourth-order valence-corrected chi connectivity index (χ4v) is 8.33. The van der Waals surface area contributed by atoms with Crippen molar-refractivity contribution in [3.63, 3.8) is 0 Å². The number of carbonyl (C=O) groups excluding carboxylic acids is 4. The number of alkyl halides is 3. The molecule has 0 unspecified atom stereocenters. The van der Waals surface area contributed by atoms with Crippen molar-refractivity contribution < 1.29 is 46.6 Å². The van der Waals surface area contributed by atoms with E-state index in [1.807, 2.05) is 0 Å². The molecule has 4 aromatic rings. The Morgan fingerprint density at radius 1 is 0.920 bits per heavy atom. The van der Waals surface area contributed by atoms with Crippen LogP contribution in [0.2, 0.25) is 0 Å². The molecule has 50 heavy (non-hydrogen) atoms. The van der Waals surface area contributed by atoms with Gasteiger partial charge in [-0.2, -0.15) is 13.2 Å². The van der Waals surface area contributed by atoms with Gasteiger partial charge < -0.3 is 24.5 Å². The summed E-state index contributed by atoms with van der Waals surface area (Å²) in [5.74, 6) is -3.50. The van der Waals surface area contributed by atoms with E-state index in [1.165, 1.54) is 42.5 Å². The van der Waals surface area contributed by atoms with Crippen LogP contribution in [-0.4, -0.2) is 53.7 Å². The molecule has 3 aromatic carbocycles. The number of ether oxygens (including phenoxy) is 3. The van der Waals surface area contributed by atoms with Crippen molar-refractivity contribution in [2.45, 2.75) is 36.2 Å². The number of nitrogens with zero attached hydrogens (tertiary/aromatic N) is 1. The number of rotatable bonds is 10. The van der Waals surface area contributed by atoms with E-state index in [-0.39, 0.29) is 46.5 Å². The smallest absolute Gasteiger partial charge is 0.416 e. The molecule has 1 aromatic heterocycles. The first-order valence-electron chi connectivity index (χ1n) is 15.3. The average Bonchev–Trinajstić information content (AvgIpc) is 3.57. The minimum Gasteiger partial charge on any atom is -0.490 e. The van der Waals surface area contributed by atoms with Crippen molar-refractivity contribution in [1.82, 2.24) is 4.98 Å². The van der Waals surface area contributed by atoms with Gasteiger partial charge >= 0.3 is 17.0 Å². The maximum Gasteiger partial charge on any atom is 0.416 e. The second kappa shape index (κ2) is 14.0. The standard InChI is InChI=1S/C34H28F3N3O8S2/c1-3-46-23-14-18(10-13-22(23)48-16-24(41)38-20-7-5-6-19(15-20)34(35,36)37)25-26-28(49-29-27(25)50-33(45)39-29)31(43)40(30(26)42)21-11-8-17(9-12-21)32(44)47-4-2/h5-15,25-26,28H,3-4,16H2,1-2H3,(H,38,41)(H,39,45)/t25-,26-,28+/m0/s1. The van der Waals surface area contributed by atoms with Crippen LogP contribution in [0.1, 0.15) is 46.1 Å². The molecular formula is C34H28F3N3O8S2. The van der Waals surface area contributed by atoms with Gasteiger partial charge in [0.2, 0.25) is 11.8 Å². The van der Waals surface area contributed by atoms with E-state index in [9.17, 15) is 37.1 Å². The highest BCUT2D eigenvalue weighted by Gasteiger charge is 2.56. The van der Waals surface area contributed by atoms with Crippen molar-refractivity contribution in [3.05, 3.63) is 98.0 Å². The maximum absolute atomic E-state index is 14.1. The Bertz CT molecular complexity index is 2030. The fraction of sp³-hybridized carbons (Fsp3) is 0.265. The molecule has 3 amide bonds. The summed E-state index contributed by atoms with van der Waals surface area (Å²) < 4.78 is 55.8. The normalized spacial score (nSPS) is 18.3. The number of aromatic nitrogens is 1. The molecule has 3 heterocycles. The first-order chi connectivity index (χ1) is 23.9. The van der Waals surface area contributed by atoms with Gasteiger partial charge in [-0.15, -0.1) is 0 Å². The molecule has 260 valence electrons. The first-order valence-corrected chi connectivity index (χ1v) is 17.0. The van der Waals surface area contributed by atoms with Crippen LogP contribution < -0.4 is 24.6 Å². The number of esters is 1. The van der Waals surface area contributed by atoms with Gasteiger partial charge in [0.25, 0.3) is 5.91 Å². The van der Waals surface area contributed by atoms with Crippen LogP contribution in [0.4, 0.5) is 24.5 Å². The third-order valence-electron chi connectivity index (χ3n) is 7.92. The van der Waals surface area contributed by atoms with Crippen molar-refractivity contribution in [1.29, 1.82) is 0 Å². The zero-order chi connectivity index (χ0) is 35.7. The summed E-state index contributed by atoms with van der Waals surface area (Å²) in [5.41, 5.74) is 0.113. The molecule has 2 aliphatic heterocycles. The van der Waals surface area contributed by atoms with Gasteiger partial charge in [0.05, 0.1) is 41.0 Å². The molecular weight excluding hydrogens is 700 g/mol. The van der Waals surface area contributed by atoms with E-state index in [4.69, 9.17) is 14.2 Å². The third kappa shape index (κ3) is 6.85. The van der Waals surface area contributed by atoms with Gasteiger partial charge in [-0.25, -0.2) is 9.69 Å². The monoisotopic (exact) mass is 727 g/mol. The summed E-state index contributed by atoms with van der Waals surface area (Å²) >= 11 is 2.04. The van der Waals surface area contributed by atoms with Crippen LogP contribution in [-0.2, 0) is 25.3 Å². The summed E-state index contributed by atoms with van der Waals surface area (Å²) in [6.07, 6.45) is -4.58. The van der Waals surface area contributed by atoms with Crippen molar-refractivity contribution in [2.24, 2.45) is 5.92 Å². The number of thioether (sulfide) groups is 1. The second-order valence-electron chi connectivity index (χ2n) is 11.1. The molecule has 2 aliphatic rings. The molecule has 6 rings (SSSR count). The van der Waals surface area contributed by atoms with Crippen LogP contribution in [0, 0.1) is 5.92 Å². The second-order valence-corrected chi connectivity index (χ2v) is 13.3. The van der Waals surface area contributed by atoms with E-state index in [0.717, 1.165) is 40.1 Å². The number of carbonyl (C=O) groups is 4. The topological polar surface area (TPSA) is 144 Å². The van der Waals surface area contributed by atoms with Crippen molar-refractivity contribution in [2.75, 3.05) is 30.0 Å². The molecule has 0 radical (unpaired) electrons. The summed E-state index contributed by atoms with van der Waals surface area (Å²) in [4.78, 5) is 69.2. The van der Waals surface area contributed by atoms with Crippen LogP contribution in [0.3, 0.4) is 0 Å². The molecule has 3 atom stereocenters. The van der Waals surface area contributed by atoms with Crippen LogP contribution >= 0.6 is 23.1 Å². The molecule has 0 bridgehead atoms. The molecule has 0 spiro atoms. The van der Waals surface area contributed by atoms with Crippen LogP contribution in [0.25, 0.3) is 0 Å². The van der Waals surface area contributed by atoms with Gasteiger partial charge in [-0.1, -0.05) is 35.2 Å². The van der Waals surface area contributed by atoms with Crippen molar-refractivity contribution in [3.8, 4) is 11.5 Å². The number of anilines is 2. The Morgan fingerprint density at radius 2 is 1.68 bits per heavy atom. The number of imide groups is 1. The van der Waals surface area contributed by atoms with Gasteiger partial charge in [0.15, 0.2) is 18.1 Å². The predicted molar refractivity (Wildman–Crippen MR) is 178 cm³/mol. The number of benzene rings is 3. The summed E-state index contributed by atoms with van der Waals surface area (Å²) in [7, 11) is 0. The zero-order valence-corrected chi connectivity index (χ0v) is 28.0. The number of fused-ring (bicyclic) bond motifs is 2. The highest BCUT2D eigenvalue weighted by atomic mass is 32.2. The summed E-state index contributed by atoms with van der Waals surface area (Å²) in [5, 5.41) is 1.98. The van der Waals surface area contributed by atoms with Gasteiger partial charge in [0.1, 0.15) is 5.25 Å². The van der Waals surface area contributed by atoms with Gasteiger partial charge in [-0.05, 0) is 74.0 Å². The number of hydrogen-bond acceptors (Lipinski definition) is 10. The molecule has 1 fully saturated rings. The fourth-order valence-electron chi connectivity index (χ4n) is 5.81. The highest BCUT2D eigenvalue weighted by molar-refractivity contribution is 8.00. The molecule has 0 saturated carbocycles. The highest BCUT2D eigenvalue weighted by Crippen LogP contribution is 2.54. The van der Waals surface area contributed by atoms with Crippen LogP contribution in [0.5, 0.6) is 11.5 Å². The first kappa shape index (κ1) is 34.8. The van der Waals surface area contributed by atoms with Crippen molar-refractivity contribution >= 4 is 58.2 Å². The largest absolute Gasteiger partial charge is 0.490 e. The zero-order valence-electron chi connectivity index (χ0n) is 26.4. The predicted octanol–water partition coefficient (Wildman–Crippen LogP) is 5.84. The molecule has 1 saturated heterocycles. The molecule has 16 heteroatoms. The minimum atomic E-state index is -4.58. The minimum absolute atomic E-state index is 0.0559. The Morgan fingerprint density at radius 3 is 2.38 bits per heavy atom. The van der Waals surface area contributed by atoms with Crippen LogP contribution in [0.15, 0.2) is 76.6 Å². The lowest BCUT2D eigenvalue weighted by Gasteiger charge is -2.30. The number of thiazole rings is 1. The van der Waals surface area contributed by atoms with E-state index in [0.29, 0.717) is 15.5 Å². The number of nitrogens with one attached hydrogen (secondary N) is 2. The SMILES string of the molecule is CCOC(=O)c1ccc(N2C(=O)[C@H]3[C@H](c4ccc(OCC(=O)Nc5cccc(C(F)(F)F)c5)c(OCC)c4)c4sc(=O)[nH]c4S[C@H]3C2=O)cc1. The average molecular weight is 728 g/mol. The Kier molecular flexibility index (Phi) is 9.75. The van der Waals surface area contributed by atoms with E-state index >= 15 is 0 Å². The quantitative estimate of drug-likeness (QED) is 0.152. The Balaban J connectivity index is 1.27. The number of halogens is 3. The lowest BCUT2D eigenvalue weighted by molar-refractivity contribution is -0.137. The molecule has 2 N–H and O–H groups in total. The van der Waals surface area contributed by atoms with E-state index in [1.54, 1.807) is 26.0 Å². The third-order valence-corrected chi connectivity index (χ3v) is 10.3. The van der Waals surface area contributed by atoms with Gasteiger partial charge in [-0.3, -0.25) is 19.2 Å². The van der Waals surface area contributed by atoms with E-state index in [2.05, 4.69) is 10.3 Å². The number of H-pyrrole nitrogens is 1.